The van der Waals surface area contributed by atoms with Crippen LogP contribution in [-0.4, -0.2) is 62.1 Å². The number of amides is 2. The molecule has 3 aromatic heterocycles. The van der Waals surface area contributed by atoms with Crippen molar-refractivity contribution in [2.75, 3.05) is 25.0 Å². The molecular weight excluding hydrogens is 513 g/mol. The average Bonchev–Trinajstić information content (AvgIpc) is 3.33. The number of pyridine rings is 1. The van der Waals surface area contributed by atoms with Crippen LogP contribution in [0.4, 0.5) is 15.0 Å². The molecule has 4 aromatic rings. The van der Waals surface area contributed by atoms with Gasteiger partial charge in [0.2, 0.25) is 5.91 Å². The van der Waals surface area contributed by atoms with E-state index in [-0.39, 0.29) is 19.0 Å². The third kappa shape index (κ3) is 6.36. The van der Waals surface area contributed by atoms with Crippen LogP contribution < -0.4 is 10.6 Å². The molecule has 0 fully saturated rings. The van der Waals surface area contributed by atoms with Crippen molar-refractivity contribution in [1.29, 1.82) is 0 Å². The Morgan fingerprint density at radius 2 is 2.00 bits per heavy atom. The lowest BCUT2D eigenvalue weighted by Gasteiger charge is -2.30. The van der Waals surface area contributed by atoms with Crippen molar-refractivity contribution >= 4 is 28.7 Å². The van der Waals surface area contributed by atoms with E-state index in [0.717, 1.165) is 23.7 Å². The highest BCUT2D eigenvalue weighted by molar-refractivity contribution is 5.83. The Hall–Kier alpha value is -4.54. The van der Waals surface area contributed by atoms with Crippen LogP contribution in [0.15, 0.2) is 48.9 Å². The zero-order chi connectivity index (χ0) is 28.3. The summed E-state index contributed by atoms with van der Waals surface area (Å²) in [6, 6.07) is 9.48. The third-order valence-corrected chi connectivity index (χ3v) is 6.53. The standard InChI is InChI=1S/C29H32FN7O3/c1-29(2,3)40-28(39)34-16-25(38)37-11-9-22-24(17-37)35-26(19-12-20(30)15-31-13-19)36-27(22)32-10-8-18-14-33-23-7-5-4-6-21(18)23/h4-7,12-15,33H,8-11,16-17H2,1-3H3,(H,34,39)(H,32,35,36). The van der Waals surface area contributed by atoms with Crippen molar-refractivity contribution in [1.82, 2.24) is 30.2 Å². The van der Waals surface area contributed by atoms with Crippen LogP contribution >= 0.6 is 0 Å². The maximum Gasteiger partial charge on any atom is 0.408 e. The van der Waals surface area contributed by atoms with Crippen LogP contribution in [-0.2, 0) is 28.9 Å². The molecule has 0 radical (unpaired) electrons. The molecule has 4 heterocycles. The Labute approximate surface area is 231 Å². The Balaban J connectivity index is 1.34. The highest BCUT2D eigenvalue weighted by Gasteiger charge is 2.26. The number of hydrogen-bond donors (Lipinski definition) is 3. The van der Waals surface area contributed by atoms with E-state index in [1.54, 1.807) is 25.7 Å². The van der Waals surface area contributed by atoms with E-state index in [1.807, 2.05) is 24.4 Å². The summed E-state index contributed by atoms with van der Waals surface area (Å²) in [5.74, 6) is 0.236. The van der Waals surface area contributed by atoms with Crippen LogP contribution in [0.25, 0.3) is 22.3 Å². The van der Waals surface area contributed by atoms with E-state index in [1.165, 1.54) is 23.2 Å². The summed E-state index contributed by atoms with van der Waals surface area (Å²) in [4.78, 5) is 43.2. The maximum absolute atomic E-state index is 14.0. The first-order valence-electron chi connectivity index (χ1n) is 13.2. The second kappa shape index (κ2) is 11.3. The Morgan fingerprint density at radius 3 is 2.80 bits per heavy atom. The summed E-state index contributed by atoms with van der Waals surface area (Å²) >= 11 is 0. The molecule has 5 rings (SSSR count). The van der Waals surface area contributed by atoms with E-state index >= 15 is 0 Å². The molecular formula is C29H32FN7O3. The summed E-state index contributed by atoms with van der Waals surface area (Å²) in [6.45, 7) is 6.39. The SMILES string of the molecule is CC(C)(C)OC(=O)NCC(=O)N1CCc2c(nc(-c3cncc(F)c3)nc2NCCc2c[nH]c3ccccc23)C1. The number of fused-ring (bicyclic) bond motifs is 2. The summed E-state index contributed by atoms with van der Waals surface area (Å²) in [6.07, 6.45) is 5.30. The zero-order valence-electron chi connectivity index (χ0n) is 22.8. The molecule has 0 saturated carbocycles. The highest BCUT2D eigenvalue weighted by Crippen LogP contribution is 2.28. The topological polar surface area (TPSA) is 125 Å². The summed E-state index contributed by atoms with van der Waals surface area (Å²) in [5, 5.41) is 7.14. The van der Waals surface area contributed by atoms with Crippen LogP contribution in [0.5, 0.6) is 0 Å². The highest BCUT2D eigenvalue weighted by atomic mass is 19.1. The number of aromatic nitrogens is 4. The maximum atomic E-state index is 14.0. The van der Waals surface area contributed by atoms with Crippen molar-refractivity contribution in [3.8, 4) is 11.4 Å². The quantitative estimate of drug-likeness (QED) is 0.318. The Bertz CT molecular complexity index is 1550. The van der Waals surface area contributed by atoms with E-state index < -0.39 is 17.5 Å². The number of nitrogens with one attached hydrogen (secondary N) is 3. The first-order valence-corrected chi connectivity index (χ1v) is 13.2. The number of aromatic amines is 1. The van der Waals surface area contributed by atoms with Gasteiger partial charge in [-0.15, -0.1) is 0 Å². The molecule has 1 aliphatic heterocycles. The lowest BCUT2D eigenvalue weighted by Crippen LogP contribution is -2.44. The molecule has 1 aromatic carbocycles. The van der Waals surface area contributed by atoms with Crippen molar-refractivity contribution < 1.29 is 18.7 Å². The van der Waals surface area contributed by atoms with Gasteiger partial charge in [-0.05, 0) is 51.3 Å². The van der Waals surface area contributed by atoms with Crippen molar-refractivity contribution in [3.63, 3.8) is 0 Å². The molecule has 3 N–H and O–H groups in total. The van der Waals surface area contributed by atoms with Gasteiger partial charge >= 0.3 is 6.09 Å². The number of rotatable bonds is 7. The zero-order valence-corrected chi connectivity index (χ0v) is 22.8. The van der Waals surface area contributed by atoms with Crippen LogP contribution in [0.3, 0.4) is 0 Å². The second-order valence-corrected chi connectivity index (χ2v) is 10.7. The first kappa shape index (κ1) is 27.0. The summed E-state index contributed by atoms with van der Waals surface area (Å²) in [7, 11) is 0. The molecule has 10 nitrogen and oxygen atoms in total. The Morgan fingerprint density at radius 1 is 1.18 bits per heavy atom. The van der Waals surface area contributed by atoms with Gasteiger partial charge < -0.3 is 25.3 Å². The van der Waals surface area contributed by atoms with Gasteiger partial charge in [-0.2, -0.15) is 0 Å². The fraction of sp³-hybridized carbons (Fsp3) is 0.345. The van der Waals surface area contributed by atoms with E-state index in [2.05, 4.69) is 26.7 Å². The molecule has 208 valence electrons. The molecule has 40 heavy (non-hydrogen) atoms. The molecule has 2 amide bonds. The van der Waals surface area contributed by atoms with Crippen molar-refractivity contribution in [3.05, 3.63) is 71.6 Å². The fourth-order valence-electron chi connectivity index (χ4n) is 4.68. The molecule has 0 saturated heterocycles. The lowest BCUT2D eigenvalue weighted by molar-refractivity contribution is -0.131. The van der Waals surface area contributed by atoms with Gasteiger partial charge in [-0.1, -0.05) is 18.2 Å². The van der Waals surface area contributed by atoms with E-state index in [0.29, 0.717) is 42.4 Å². The number of halogens is 1. The number of ether oxygens (including phenoxy) is 1. The van der Waals surface area contributed by atoms with Gasteiger partial charge in [0.15, 0.2) is 5.82 Å². The first-order chi connectivity index (χ1) is 19.2. The van der Waals surface area contributed by atoms with Crippen LogP contribution in [0.2, 0.25) is 0 Å². The molecule has 0 bridgehead atoms. The van der Waals surface area contributed by atoms with Gasteiger partial charge in [0.25, 0.3) is 0 Å². The minimum atomic E-state index is -0.659. The number of para-hydroxylation sites is 1. The third-order valence-electron chi connectivity index (χ3n) is 6.53. The molecule has 0 spiro atoms. The molecule has 1 aliphatic rings. The second-order valence-electron chi connectivity index (χ2n) is 10.7. The van der Waals surface area contributed by atoms with E-state index in [4.69, 9.17) is 14.7 Å². The normalized spacial score (nSPS) is 13.2. The lowest BCUT2D eigenvalue weighted by atomic mass is 10.0. The summed E-state index contributed by atoms with van der Waals surface area (Å²) < 4.78 is 19.2. The van der Waals surface area contributed by atoms with Crippen LogP contribution in [0.1, 0.15) is 37.6 Å². The number of carbonyl (C=O) groups is 2. The number of benzene rings is 1. The predicted octanol–water partition coefficient (Wildman–Crippen LogP) is 4.22. The smallest absolute Gasteiger partial charge is 0.408 e. The summed E-state index contributed by atoms with van der Waals surface area (Å²) in [5.41, 5.74) is 3.64. The van der Waals surface area contributed by atoms with Gasteiger partial charge in [0.05, 0.1) is 18.4 Å². The van der Waals surface area contributed by atoms with Gasteiger partial charge in [-0.25, -0.2) is 19.2 Å². The number of nitrogens with zero attached hydrogens (tertiary/aromatic N) is 4. The minimum absolute atomic E-state index is 0.189. The number of carbonyl (C=O) groups excluding carboxylic acids is 2. The fourth-order valence-corrected chi connectivity index (χ4v) is 4.68. The number of H-pyrrole nitrogens is 1. The molecule has 0 unspecified atom stereocenters. The number of anilines is 1. The molecule has 0 aliphatic carbocycles. The largest absolute Gasteiger partial charge is 0.444 e. The van der Waals surface area contributed by atoms with Crippen molar-refractivity contribution in [2.24, 2.45) is 0 Å². The monoisotopic (exact) mass is 545 g/mol. The minimum Gasteiger partial charge on any atom is -0.444 e. The van der Waals surface area contributed by atoms with Crippen LogP contribution in [0, 0.1) is 5.82 Å². The van der Waals surface area contributed by atoms with Gasteiger partial charge in [-0.3, -0.25) is 9.78 Å². The average molecular weight is 546 g/mol. The Kier molecular flexibility index (Phi) is 7.63. The van der Waals surface area contributed by atoms with Gasteiger partial charge in [0, 0.05) is 47.5 Å². The molecule has 0 atom stereocenters. The predicted molar refractivity (Wildman–Crippen MR) is 149 cm³/mol. The van der Waals surface area contributed by atoms with Gasteiger partial charge in [0.1, 0.15) is 23.8 Å². The van der Waals surface area contributed by atoms with E-state index in [9.17, 15) is 14.0 Å². The molecule has 11 heteroatoms. The van der Waals surface area contributed by atoms with Crippen molar-refractivity contribution in [2.45, 2.75) is 45.8 Å². The number of alkyl carbamates (subject to hydrolysis) is 1. The number of hydrogen-bond acceptors (Lipinski definition) is 7.